The maximum atomic E-state index is 3.12. The Labute approximate surface area is 52.9 Å². The monoisotopic (exact) mass is 131 g/mol. The third kappa shape index (κ3) is 5.97. The van der Waals surface area contributed by atoms with Gasteiger partial charge >= 0.3 is 0 Å². The van der Waals surface area contributed by atoms with Gasteiger partial charge in [-0.2, -0.15) is 0 Å². The molecule has 0 unspecified atom stereocenters. The zero-order chi connectivity index (χ0) is 6.41. The fourth-order valence-electron chi connectivity index (χ4n) is 0.320. The van der Waals surface area contributed by atoms with Crippen LogP contribution < -0.4 is 5.32 Å². The summed E-state index contributed by atoms with van der Waals surface area (Å²) in [4.78, 5) is 0. The van der Waals surface area contributed by atoms with Gasteiger partial charge in [-0.3, -0.25) is 0 Å². The Balaban J connectivity index is 3.07. The van der Waals surface area contributed by atoms with Crippen molar-refractivity contribution in [3.63, 3.8) is 0 Å². The van der Waals surface area contributed by atoms with Gasteiger partial charge in [0.2, 0.25) is 0 Å². The minimum absolute atomic E-state index is 0.145. The predicted octanol–water partition coefficient (Wildman–Crippen LogP) is 1.81. The fourth-order valence-corrected chi connectivity index (χ4v) is 0.723. The first kappa shape index (κ1) is 7.97. The van der Waals surface area contributed by atoms with Crippen molar-refractivity contribution in [2.24, 2.45) is 0 Å². The molecule has 8 heavy (non-hydrogen) atoms. The SMILES string of the molecule is CCN/C=C\P(C)C. The predicted molar refractivity (Wildman–Crippen MR) is 41.6 cm³/mol. The van der Waals surface area contributed by atoms with E-state index in [9.17, 15) is 0 Å². The second-order valence-electron chi connectivity index (χ2n) is 1.84. The molecule has 0 atom stereocenters. The van der Waals surface area contributed by atoms with Crippen LogP contribution in [0.4, 0.5) is 0 Å². The van der Waals surface area contributed by atoms with Gasteiger partial charge in [0.1, 0.15) is 0 Å². The van der Waals surface area contributed by atoms with Crippen LogP contribution in [-0.2, 0) is 0 Å². The van der Waals surface area contributed by atoms with Gasteiger partial charge in [0.25, 0.3) is 0 Å². The lowest BCUT2D eigenvalue weighted by Crippen LogP contribution is -2.00. The van der Waals surface area contributed by atoms with E-state index in [-0.39, 0.29) is 7.92 Å². The van der Waals surface area contributed by atoms with Crippen LogP contribution in [0.5, 0.6) is 0 Å². The van der Waals surface area contributed by atoms with E-state index in [2.05, 4.69) is 31.4 Å². The summed E-state index contributed by atoms with van der Waals surface area (Å²) < 4.78 is 0. The fraction of sp³-hybridized carbons (Fsp3) is 0.667. The van der Waals surface area contributed by atoms with Crippen LogP contribution in [0.1, 0.15) is 6.92 Å². The first-order valence-corrected chi connectivity index (χ1v) is 5.14. The van der Waals surface area contributed by atoms with E-state index in [1.54, 1.807) is 0 Å². The van der Waals surface area contributed by atoms with Gasteiger partial charge in [-0.1, -0.05) is 7.92 Å². The zero-order valence-corrected chi connectivity index (χ0v) is 6.70. The van der Waals surface area contributed by atoms with Crippen molar-refractivity contribution in [1.82, 2.24) is 5.32 Å². The van der Waals surface area contributed by atoms with E-state index < -0.39 is 0 Å². The molecule has 0 amide bonds. The van der Waals surface area contributed by atoms with Gasteiger partial charge < -0.3 is 5.32 Å². The third-order valence-electron chi connectivity index (χ3n) is 0.695. The Morgan fingerprint density at radius 3 is 2.50 bits per heavy atom. The highest BCUT2D eigenvalue weighted by atomic mass is 31.1. The van der Waals surface area contributed by atoms with Crippen LogP contribution in [0, 0.1) is 0 Å². The van der Waals surface area contributed by atoms with Crippen molar-refractivity contribution in [2.45, 2.75) is 6.92 Å². The maximum Gasteiger partial charge on any atom is 0.0113 e. The quantitative estimate of drug-likeness (QED) is 0.576. The highest BCUT2D eigenvalue weighted by Gasteiger charge is 1.77. The second-order valence-corrected chi connectivity index (χ2v) is 4.06. The van der Waals surface area contributed by atoms with Crippen LogP contribution in [-0.4, -0.2) is 19.9 Å². The Morgan fingerprint density at radius 1 is 1.50 bits per heavy atom. The first-order valence-electron chi connectivity index (χ1n) is 2.84. The van der Waals surface area contributed by atoms with E-state index >= 15 is 0 Å². The lowest BCUT2D eigenvalue weighted by molar-refractivity contribution is 0.921. The van der Waals surface area contributed by atoms with Crippen molar-refractivity contribution in [3.05, 3.63) is 12.0 Å². The van der Waals surface area contributed by atoms with Gasteiger partial charge in [0.05, 0.1) is 0 Å². The molecule has 1 nitrogen and oxygen atoms in total. The number of nitrogens with one attached hydrogen (secondary N) is 1. The van der Waals surface area contributed by atoms with E-state index in [0.29, 0.717) is 0 Å². The summed E-state index contributed by atoms with van der Waals surface area (Å²) in [6.07, 6.45) is 2.03. The molecule has 0 bridgehead atoms. The molecule has 0 aromatic heterocycles. The van der Waals surface area contributed by atoms with E-state index in [0.717, 1.165) is 6.54 Å². The van der Waals surface area contributed by atoms with Gasteiger partial charge in [-0.25, -0.2) is 0 Å². The van der Waals surface area contributed by atoms with Crippen LogP contribution in [0.2, 0.25) is 0 Å². The van der Waals surface area contributed by atoms with E-state index in [1.165, 1.54) is 0 Å². The molecule has 0 radical (unpaired) electrons. The van der Waals surface area contributed by atoms with Gasteiger partial charge in [0, 0.05) is 6.54 Å². The summed E-state index contributed by atoms with van der Waals surface area (Å²) >= 11 is 0. The minimum Gasteiger partial charge on any atom is -0.391 e. The Kier molecular flexibility index (Phi) is 5.09. The summed E-state index contributed by atoms with van der Waals surface area (Å²) in [5.74, 6) is 2.21. The normalized spacial score (nSPS) is 11.0. The Hall–Kier alpha value is -0.0300. The minimum atomic E-state index is 0.145. The van der Waals surface area contributed by atoms with Gasteiger partial charge in [-0.05, 0) is 32.3 Å². The first-order chi connectivity index (χ1) is 3.77. The highest BCUT2D eigenvalue weighted by molar-refractivity contribution is 7.59. The molecule has 0 aromatic rings. The summed E-state index contributed by atoms with van der Waals surface area (Å²) in [5, 5.41) is 3.12. The summed E-state index contributed by atoms with van der Waals surface area (Å²) in [6.45, 7) is 7.57. The zero-order valence-electron chi connectivity index (χ0n) is 5.81. The Bertz CT molecular complexity index is 68.9. The van der Waals surface area contributed by atoms with E-state index in [1.807, 2.05) is 6.20 Å². The molecule has 0 rings (SSSR count). The average molecular weight is 131 g/mol. The molecular weight excluding hydrogens is 117 g/mol. The van der Waals surface area contributed by atoms with E-state index in [4.69, 9.17) is 0 Å². The lowest BCUT2D eigenvalue weighted by Gasteiger charge is -1.94. The molecule has 0 aliphatic rings. The highest BCUT2D eigenvalue weighted by Crippen LogP contribution is 2.24. The molecule has 1 N–H and O–H groups in total. The molecular formula is C6H14NP. The van der Waals surface area contributed by atoms with Gasteiger partial charge in [-0.15, -0.1) is 0 Å². The third-order valence-corrected chi connectivity index (χ3v) is 1.44. The van der Waals surface area contributed by atoms with Crippen molar-refractivity contribution in [3.8, 4) is 0 Å². The second kappa shape index (κ2) is 5.11. The molecule has 0 fully saturated rings. The summed E-state index contributed by atoms with van der Waals surface area (Å²) in [5.41, 5.74) is 0. The number of hydrogen-bond acceptors (Lipinski definition) is 1. The molecule has 0 aliphatic carbocycles. The average Bonchev–Trinajstić information content (AvgIpc) is 1.66. The molecule has 0 aromatic carbocycles. The number of hydrogen-bond donors (Lipinski definition) is 1. The topological polar surface area (TPSA) is 12.0 Å². The molecule has 2 heteroatoms. The van der Waals surface area contributed by atoms with Crippen molar-refractivity contribution < 1.29 is 0 Å². The van der Waals surface area contributed by atoms with Crippen molar-refractivity contribution >= 4 is 7.92 Å². The van der Waals surface area contributed by atoms with Crippen molar-refractivity contribution in [1.29, 1.82) is 0 Å². The molecule has 0 spiro atoms. The van der Waals surface area contributed by atoms with Crippen LogP contribution >= 0.6 is 7.92 Å². The number of rotatable bonds is 3. The summed E-state index contributed by atoms with van der Waals surface area (Å²) in [6, 6.07) is 0. The van der Waals surface area contributed by atoms with Crippen molar-refractivity contribution in [2.75, 3.05) is 19.9 Å². The Morgan fingerprint density at radius 2 is 2.12 bits per heavy atom. The van der Waals surface area contributed by atoms with Crippen LogP contribution in [0.25, 0.3) is 0 Å². The smallest absolute Gasteiger partial charge is 0.0113 e. The largest absolute Gasteiger partial charge is 0.391 e. The van der Waals surface area contributed by atoms with Crippen LogP contribution in [0.15, 0.2) is 12.0 Å². The molecule has 0 aliphatic heterocycles. The standard InChI is InChI=1S/C6H14NP/c1-4-7-5-6-8(2)3/h5-7H,4H2,1-3H3/b6-5-. The summed E-state index contributed by atoms with van der Waals surface area (Å²) in [7, 11) is 0.145. The van der Waals surface area contributed by atoms with Crippen LogP contribution in [0.3, 0.4) is 0 Å². The molecule has 48 valence electrons. The lowest BCUT2D eigenvalue weighted by atomic mass is 10.7. The molecule has 0 heterocycles. The van der Waals surface area contributed by atoms with Gasteiger partial charge in [0.15, 0.2) is 0 Å². The maximum absolute atomic E-state index is 3.12. The molecule has 0 saturated carbocycles. The molecule has 0 saturated heterocycles.